The van der Waals surface area contributed by atoms with E-state index in [2.05, 4.69) is 20.3 Å². The number of methoxy groups -OCH3 is 1. The molecule has 3 N–H and O–H groups in total. The van der Waals surface area contributed by atoms with E-state index in [9.17, 15) is 8.42 Å². The summed E-state index contributed by atoms with van der Waals surface area (Å²) in [6, 6.07) is 10.9. The molecule has 0 spiro atoms. The molecular formula is C17H24ClIN4O3S2. The minimum absolute atomic E-state index is 0. The summed E-state index contributed by atoms with van der Waals surface area (Å²) in [5.41, 5.74) is 1.10. The third-order valence-electron chi connectivity index (χ3n) is 3.63. The molecule has 0 atom stereocenters. The van der Waals surface area contributed by atoms with E-state index in [0.29, 0.717) is 23.4 Å². The second-order valence-corrected chi connectivity index (χ2v) is 9.15. The summed E-state index contributed by atoms with van der Waals surface area (Å²) in [7, 11) is -0.221. The van der Waals surface area contributed by atoms with Gasteiger partial charge in [-0.25, -0.2) is 13.1 Å². The van der Waals surface area contributed by atoms with Crippen molar-refractivity contribution in [2.75, 3.05) is 33.8 Å². The topological polar surface area (TPSA) is 91.8 Å². The second-order valence-electron chi connectivity index (χ2n) is 5.44. The van der Waals surface area contributed by atoms with Crippen molar-refractivity contribution >= 4 is 62.9 Å². The zero-order chi connectivity index (χ0) is 19.7. The van der Waals surface area contributed by atoms with Crippen molar-refractivity contribution in [1.82, 2.24) is 15.4 Å². The lowest BCUT2D eigenvalue weighted by molar-refractivity contribution is 0.409. The molecule has 28 heavy (non-hydrogen) atoms. The molecule has 0 aliphatic carbocycles. The van der Waals surface area contributed by atoms with Crippen LogP contribution in [0.4, 0.5) is 0 Å². The smallest absolute Gasteiger partial charge is 0.250 e. The largest absolute Gasteiger partial charge is 0.496 e. The number of nitrogens with one attached hydrogen (secondary N) is 3. The molecule has 156 valence electrons. The molecule has 1 aromatic carbocycles. The van der Waals surface area contributed by atoms with Gasteiger partial charge in [0, 0.05) is 26.7 Å². The van der Waals surface area contributed by atoms with E-state index in [4.69, 9.17) is 16.3 Å². The number of hydrogen-bond acceptors (Lipinski definition) is 5. The molecule has 0 bridgehead atoms. The SMILES string of the molecule is CN=C(NCCNS(=O)(=O)c1ccc(Cl)s1)NCCc1ccccc1OC.I. The Morgan fingerprint density at radius 1 is 1.14 bits per heavy atom. The Kier molecular flexibility index (Phi) is 11.1. The monoisotopic (exact) mass is 558 g/mol. The van der Waals surface area contributed by atoms with Crippen LogP contribution < -0.4 is 20.1 Å². The number of sulfonamides is 1. The molecule has 0 radical (unpaired) electrons. The summed E-state index contributed by atoms with van der Waals surface area (Å²) < 4.78 is 32.7. The van der Waals surface area contributed by atoms with E-state index in [0.717, 1.165) is 29.1 Å². The Hall–Kier alpha value is -1.08. The first kappa shape index (κ1) is 25.0. The summed E-state index contributed by atoms with van der Waals surface area (Å²) in [5.74, 6) is 1.45. The number of nitrogens with zero attached hydrogens (tertiary/aromatic N) is 1. The van der Waals surface area contributed by atoms with Gasteiger partial charge in [0.1, 0.15) is 9.96 Å². The highest BCUT2D eigenvalue weighted by Gasteiger charge is 2.15. The highest BCUT2D eigenvalue weighted by atomic mass is 127. The van der Waals surface area contributed by atoms with Gasteiger partial charge in [-0.15, -0.1) is 35.3 Å². The number of guanidine groups is 1. The molecule has 0 aliphatic rings. The number of thiophene rings is 1. The van der Waals surface area contributed by atoms with E-state index < -0.39 is 10.0 Å². The number of ether oxygens (including phenoxy) is 1. The number of hydrogen-bond donors (Lipinski definition) is 3. The Morgan fingerprint density at radius 3 is 2.50 bits per heavy atom. The van der Waals surface area contributed by atoms with Gasteiger partial charge in [-0.2, -0.15) is 0 Å². The average Bonchev–Trinajstić information content (AvgIpc) is 3.11. The molecule has 11 heteroatoms. The van der Waals surface area contributed by atoms with Crippen LogP contribution in [0.2, 0.25) is 4.34 Å². The minimum atomic E-state index is -3.53. The standard InChI is InChI=1S/C17H23ClN4O3S2.HI/c1-19-17(20-10-9-13-5-3-4-6-14(13)25-2)21-11-12-22-27(23,24)16-8-7-15(18)26-16;/h3-8,22H,9-12H2,1-2H3,(H2,19,20,21);1H. The molecule has 0 saturated heterocycles. The number of halogens is 2. The van der Waals surface area contributed by atoms with E-state index in [-0.39, 0.29) is 34.7 Å². The predicted molar refractivity (Wildman–Crippen MR) is 126 cm³/mol. The maximum atomic E-state index is 12.1. The summed E-state index contributed by atoms with van der Waals surface area (Å²) in [6.07, 6.45) is 0.774. The van der Waals surface area contributed by atoms with Crippen LogP contribution in [0.15, 0.2) is 45.6 Å². The normalized spacial score (nSPS) is 11.6. The van der Waals surface area contributed by atoms with Gasteiger partial charge in [0.2, 0.25) is 10.0 Å². The van der Waals surface area contributed by atoms with Crippen molar-refractivity contribution < 1.29 is 13.2 Å². The van der Waals surface area contributed by atoms with E-state index in [1.165, 1.54) is 6.07 Å². The lowest BCUT2D eigenvalue weighted by Crippen LogP contribution is -2.42. The van der Waals surface area contributed by atoms with Crippen molar-refractivity contribution in [2.45, 2.75) is 10.6 Å². The third-order valence-corrected chi connectivity index (χ3v) is 6.81. The van der Waals surface area contributed by atoms with Crippen LogP contribution in [0.25, 0.3) is 0 Å². The Balaban J connectivity index is 0.00000392. The van der Waals surface area contributed by atoms with Gasteiger partial charge in [0.05, 0.1) is 11.4 Å². The maximum Gasteiger partial charge on any atom is 0.250 e. The minimum Gasteiger partial charge on any atom is -0.496 e. The summed E-state index contributed by atoms with van der Waals surface area (Å²) in [5, 5.41) is 6.26. The number of benzene rings is 1. The summed E-state index contributed by atoms with van der Waals surface area (Å²) >= 11 is 6.81. The maximum absolute atomic E-state index is 12.1. The molecule has 0 saturated carbocycles. The van der Waals surface area contributed by atoms with Crippen LogP contribution in [0.1, 0.15) is 5.56 Å². The van der Waals surface area contributed by atoms with Crippen LogP contribution in [-0.2, 0) is 16.4 Å². The van der Waals surface area contributed by atoms with E-state index in [1.54, 1.807) is 20.2 Å². The molecule has 0 amide bonds. The van der Waals surface area contributed by atoms with Crippen LogP contribution in [0, 0.1) is 0 Å². The highest BCUT2D eigenvalue weighted by molar-refractivity contribution is 14.0. The number of para-hydroxylation sites is 1. The highest BCUT2D eigenvalue weighted by Crippen LogP contribution is 2.25. The number of rotatable bonds is 9. The van der Waals surface area contributed by atoms with Crippen molar-refractivity contribution in [1.29, 1.82) is 0 Å². The van der Waals surface area contributed by atoms with Crippen molar-refractivity contribution in [3.8, 4) is 5.75 Å². The second kappa shape index (κ2) is 12.5. The quantitative estimate of drug-likeness (QED) is 0.191. The fourth-order valence-electron chi connectivity index (χ4n) is 2.33. The fraction of sp³-hybridized carbons (Fsp3) is 0.353. The van der Waals surface area contributed by atoms with Gasteiger partial charge in [0.15, 0.2) is 5.96 Å². The van der Waals surface area contributed by atoms with Crippen molar-refractivity contribution in [2.24, 2.45) is 4.99 Å². The van der Waals surface area contributed by atoms with Crippen molar-refractivity contribution in [3.63, 3.8) is 0 Å². The third kappa shape index (κ3) is 7.74. The van der Waals surface area contributed by atoms with Crippen LogP contribution in [0.3, 0.4) is 0 Å². The Labute approximate surface area is 192 Å². The van der Waals surface area contributed by atoms with Gasteiger partial charge in [-0.1, -0.05) is 29.8 Å². The van der Waals surface area contributed by atoms with Gasteiger partial charge in [-0.3, -0.25) is 4.99 Å². The molecule has 0 fully saturated rings. The molecule has 7 nitrogen and oxygen atoms in total. The lowest BCUT2D eigenvalue weighted by atomic mass is 10.1. The zero-order valence-corrected chi connectivity index (χ0v) is 20.3. The summed E-state index contributed by atoms with van der Waals surface area (Å²) in [6.45, 7) is 1.29. The average molecular weight is 559 g/mol. The predicted octanol–water partition coefficient (Wildman–Crippen LogP) is 2.71. The molecule has 1 heterocycles. The fourth-order valence-corrected chi connectivity index (χ4v) is 4.88. The summed E-state index contributed by atoms with van der Waals surface area (Å²) in [4.78, 5) is 4.13. The van der Waals surface area contributed by atoms with Crippen LogP contribution >= 0.6 is 46.9 Å². The first-order valence-corrected chi connectivity index (χ1v) is 11.0. The van der Waals surface area contributed by atoms with Gasteiger partial charge in [-0.05, 0) is 30.2 Å². The van der Waals surface area contributed by atoms with E-state index >= 15 is 0 Å². The van der Waals surface area contributed by atoms with Gasteiger partial charge < -0.3 is 15.4 Å². The first-order valence-electron chi connectivity index (χ1n) is 8.27. The molecule has 2 rings (SSSR count). The van der Waals surface area contributed by atoms with E-state index in [1.807, 2.05) is 24.3 Å². The molecular weight excluding hydrogens is 535 g/mol. The van der Waals surface area contributed by atoms with Crippen molar-refractivity contribution in [3.05, 3.63) is 46.3 Å². The van der Waals surface area contributed by atoms with Crippen LogP contribution in [0.5, 0.6) is 5.75 Å². The Bertz CT molecular complexity index is 875. The van der Waals surface area contributed by atoms with Gasteiger partial charge in [0.25, 0.3) is 0 Å². The molecule has 2 aromatic rings. The molecule has 0 aliphatic heterocycles. The Morgan fingerprint density at radius 2 is 1.86 bits per heavy atom. The molecule has 0 unspecified atom stereocenters. The van der Waals surface area contributed by atoms with Crippen LogP contribution in [-0.4, -0.2) is 48.2 Å². The lowest BCUT2D eigenvalue weighted by Gasteiger charge is -2.13. The van der Waals surface area contributed by atoms with Gasteiger partial charge >= 0.3 is 0 Å². The molecule has 1 aromatic heterocycles. The zero-order valence-electron chi connectivity index (χ0n) is 15.6. The number of aliphatic imine (C=N–C) groups is 1. The first-order chi connectivity index (χ1) is 13.0.